The summed E-state index contributed by atoms with van der Waals surface area (Å²) < 4.78 is 1.73. The summed E-state index contributed by atoms with van der Waals surface area (Å²) >= 11 is 1.64. The minimum absolute atomic E-state index is 0.0940. The number of para-hydroxylation sites is 1. The zero-order valence-corrected chi connectivity index (χ0v) is 12.7. The van der Waals surface area contributed by atoms with E-state index in [2.05, 4.69) is 20.5 Å². The van der Waals surface area contributed by atoms with Crippen molar-refractivity contribution in [3.63, 3.8) is 0 Å². The van der Waals surface area contributed by atoms with Gasteiger partial charge in [0.15, 0.2) is 0 Å². The molecule has 0 radical (unpaired) electrons. The van der Waals surface area contributed by atoms with Gasteiger partial charge in [-0.15, -0.1) is 21.5 Å². The maximum atomic E-state index is 12.3. The zero-order valence-electron chi connectivity index (χ0n) is 11.8. The fourth-order valence-electron chi connectivity index (χ4n) is 2.13. The molecule has 112 valence electrons. The van der Waals surface area contributed by atoms with Gasteiger partial charge in [-0.3, -0.25) is 9.36 Å². The quantitative estimate of drug-likeness (QED) is 0.707. The number of carbonyl (C=O) groups excluding carboxylic acids is 1. The molecule has 2 aromatic heterocycles. The number of rotatable bonds is 6. The van der Waals surface area contributed by atoms with Crippen LogP contribution in [0.15, 0.2) is 48.5 Å². The van der Waals surface area contributed by atoms with Gasteiger partial charge in [-0.05, 0) is 18.6 Å². The number of benzene rings is 1. The van der Waals surface area contributed by atoms with E-state index in [1.54, 1.807) is 40.8 Å². The van der Waals surface area contributed by atoms with Crippen LogP contribution in [0.4, 0.5) is 0 Å². The smallest absolute Gasteiger partial charge is 0.253 e. The highest BCUT2D eigenvalue weighted by atomic mass is 32.1. The maximum absolute atomic E-state index is 12.3. The molecule has 0 fully saturated rings. The largest absolute Gasteiger partial charge is 0.352 e. The predicted molar refractivity (Wildman–Crippen MR) is 84.1 cm³/mol. The Morgan fingerprint density at radius 3 is 2.82 bits per heavy atom. The summed E-state index contributed by atoms with van der Waals surface area (Å²) in [6.45, 7) is 0.620. The normalized spacial score (nSPS) is 10.5. The van der Waals surface area contributed by atoms with Gasteiger partial charge in [0, 0.05) is 24.5 Å². The molecule has 0 unspecified atom stereocenters. The second-order valence-electron chi connectivity index (χ2n) is 4.67. The number of amides is 1. The summed E-state index contributed by atoms with van der Waals surface area (Å²) in [5.74, 6) is -0.0940. The minimum atomic E-state index is -0.0940. The Morgan fingerprint density at radius 1 is 1.23 bits per heavy atom. The van der Waals surface area contributed by atoms with Crippen molar-refractivity contribution in [2.24, 2.45) is 0 Å². The van der Waals surface area contributed by atoms with Crippen LogP contribution >= 0.6 is 11.3 Å². The molecule has 0 aliphatic heterocycles. The highest BCUT2D eigenvalue weighted by molar-refractivity contribution is 7.09. The lowest BCUT2D eigenvalue weighted by Gasteiger charge is -2.09. The number of nitrogens with one attached hydrogen (secondary N) is 1. The molecule has 2 heterocycles. The van der Waals surface area contributed by atoms with E-state index in [1.165, 1.54) is 0 Å². The predicted octanol–water partition coefficient (Wildman–Crippen LogP) is 2.09. The van der Waals surface area contributed by atoms with Crippen LogP contribution in [0, 0.1) is 0 Å². The number of carbonyl (C=O) groups is 1. The first-order valence-electron chi connectivity index (χ1n) is 6.95. The Labute approximate surface area is 131 Å². The second kappa shape index (κ2) is 6.95. The van der Waals surface area contributed by atoms with Gasteiger partial charge < -0.3 is 5.32 Å². The number of hydrogen-bond acceptors (Lipinski definition) is 5. The first-order chi connectivity index (χ1) is 10.8. The summed E-state index contributed by atoms with van der Waals surface area (Å²) in [6.07, 6.45) is 6.70. The Balaban J connectivity index is 1.60. The van der Waals surface area contributed by atoms with Crippen LogP contribution in [0.25, 0.3) is 5.69 Å². The molecule has 0 aliphatic rings. The molecule has 1 amide bonds. The number of nitrogens with zero attached hydrogens (tertiary/aromatic N) is 4. The summed E-state index contributed by atoms with van der Waals surface area (Å²) in [6, 6.07) is 7.40. The van der Waals surface area contributed by atoms with Crippen LogP contribution in [-0.4, -0.2) is 32.2 Å². The molecule has 0 saturated heterocycles. The van der Waals surface area contributed by atoms with Crippen molar-refractivity contribution < 1.29 is 4.79 Å². The van der Waals surface area contributed by atoms with Gasteiger partial charge in [0.05, 0.1) is 16.3 Å². The van der Waals surface area contributed by atoms with Crippen molar-refractivity contribution in [3.05, 3.63) is 59.1 Å². The van der Waals surface area contributed by atoms with Crippen molar-refractivity contribution in [1.82, 2.24) is 25.1 Å². The van der Waals surface area contributed by atoms with Crippen molar-refractivity contribution in [1.29, 1.82) is 0 Å². The minimum Gasteiger partial charge on any atom is -0.352 e. The van der Waals surface area contributed by atoms with Crippen molar-refractivity contribution in [2.75, 3.05) is 6.54 Å². The van der Waals surface area contributed by atoms with E-state index in [9.17, 15) is 4.79 Å². The molecule has 0 bridgehead atoms. The first kappa shape index (κ1) is 14.4. The van der Waals surface area contributed by atoms with Gasteiger partial charge in [0.2, 0.25) is 0 Å². The highest BCUT2D eigenvalue weighted by Gasteiger charge is 2.11. The lowest BCUT2D eigenvalue weighted by Crippen LogP contribution is -2.26. The third-order valence-electron chi connectivity index (χ3n) is 3.18. The molecule has 0 spiro atoms. The molecule has 0 aliphatic carbocycles. The van der Waals surface area contributed by atoms with E-state index in [0.717, 1.165) is 23.5 Å². The second-order valence-corrected chi connectivity index (χ2v) is 5.65. The molecule has 7 heteroatoms. The van der Waals surface area contributed by atoms with Crippen molar-refractivity contribution >= 4 is 17.2 Å². The average molecular weight is 313 g/mol. The Morgan fingerprint density at radius 2 is 2.05 bits per heavy atom. The molecule has 3 aromatic rings. The van der Waals surface area contributed by atoms with Crippen LogP contribution in [0.2, 0.25) is 0 Å². The fraction of sp³-hybridized carbons (Fsp3) is 0.200. The average Bonchev–Trinajstić information content (AvgIpc) is 3.24. The Bertz CT molecular complexity index is 724. The van der Waals surface area contributed by atoms with Crippen molar-refractivity contribution in [3.8, 4) is 5.69 Å². The summed E-state index contributed by atoms with van der Waals surface area (Å²) in [7, 11) is 0. The van der Waals surface area contributed by atoms with Crippen LogP contribution in [0.3, 0.4) is 0 Å². The number of aryl methyl sites for hydroxylation is 1. The lowest BCUT2D eigenvalue weighted by molar-refractivity contribution is 0.0953. The van der Waals surface area contributed by atoms with E-state index >= 15 is 0 Å². The number of thiazole rings is 1. The number of aromatic nitrogens is 4. The molecule has 0 atom stereocenters. The van der Waals surface area contributed by atoms with Crippen molar-refractivity contribution in [2.45, 2.75) is 12.8 Å². The van der Waals surface area contributed by atoms with E-state index in [-0.39, 0.29) is 5.91 Å². The van der Waals surface area contributed by atoms with E-state index < -0.39 is 0 Å². The molecule has 6 nitrogen and oxygen atoms in total. The molecule has 1 N–H and O–H groups in total. The van der Waals surface area contributed by atoms with E-state index in [0.29, 0.717) is 12.1 Å². The standard InChI is InChI=1S/C15H15N5OS/c21-15(17-7-3-6-14-16-8-9-22-14)12-4-1-2-5-13(12)20-10-18-19-11-20/h1-2,4-5,8-11H,3,6-7H2,(H,17,21). The van der Waals surface area contributed by atoms with Crippen LogP contribution < -0.4 is 5.32 Å². The summed E-state index contributed by atoms with van der Waals surface area (Å²) in [5.41, 5.74) is 1.38. The van der Waals surface area contributed by atoms with Crippen LogP contribution in [0.5, 0.6) is 0 Å². The highest BCUT2D eigenvalue weighted by Crippen LogP contribution is 2.13. The number of hydrogen-bond donors (Lipinski definition) is 1. The molecular formula is C15H15N5OS. The summed E-state index contributed by atoms with van der Waals surface area (Å²) in [4.78, 5) is 16.6. The van der Waals surface area contributed by atoms with Crippen LogP contribution in [0.1, 0.15) is 21.8 Å². The Kier molecular flexibility index (Phi) is 4.55. The van der Waals surface area contributed by atoms with Gasteiger partial charge in [0.25, 0.3) is 5.91 Å². The van der Waals surface area contributed by atoms with Gasteiger partial charge in [-0.2, -0.15) is 0 Å². The zero-order chi connectivity index (χ0) is 15.2. The first-order valence-corrected chi connectivity index (χ1v) is 7.83. The van der Waals surface area contributed by atoms with Crippen LogP contribution in [-0.2, 0) is 6.42 Å². The summed E-state index contributed by atoms with van der Waals surface area (Å²) in [5, 5.41) is 13.6. The van der Waals surface area contributed by atoms with E-state index in [1.807, 2.05) is 23.6 Å². The van der Waals surface area contributed by atoms with Gasteiger partial charge in [0.1, 0.15) is 12.7 Å². The van der Waals surface area contributed by atoms with E-state index in [4.69, 9.17) is 0 Å². The lowest BCUT2D eigenvalue weighted by atomic mass is 10.1. The fourth-order valence-corrected chi connectivity index (χ4v) is 2.79. The molecule has 3 rings (SSSR count). The molecule has 22 heavy (non-hydrogen) atoms. The molecular weight excluding hydrogens is 298 g/mol. The molecule has 1 aromatic carbocycles. The third-order valence-corrected chi connectivity index (χ3v) is 4.02. The van der Waals surface area contributed by atoms with Gasteiger partial charge in [-0.25, -0.2) is 4.98 Å². The maximum Gasteiger partial charge on any atom is 0.253 e. The third kappa shape index (κ3) is 3.37. The SMILES string of the molecule is O=C(NCCCc1nccs1)c1ccccc1-n1cnnc1. The topological polar surface area (TPSA) is 72.7 Å². The molecule has 0 saturated carbocycles. The monoisotopic (exact) mass is 313 g/mol. The van der Waals surface area contributed by atoms with Gasteiger partial charge >= 0.3 is 0 Å². The van der Waals surface area contributed by atoms with Gasteiger partial charge in [-0.1, -0.05) is 12.1 Å². The Hall–Kier alpha value is -2.54.